The van der Waals surface area contributed by atoms with Gasteiger partial charge in [-0.15, -0.1) is 0 Å². The van der Waals surface area contributed by atoms with Crippen LogP contribution in [-0.4, -0.2) is 65.1 Å². The van der Waals surface area contributed by atoms with Crippen LogP contribution in [0.25, 0.3) is 0 Å². The lowest BCUT2D eigenvalue weighted by Crippen LogP contribution is -2.51. The number of unbranched alkanes of at least 4 members (excludes halogenated alkanes) is 11. The average Bonchev–Trinajstić information content (AvgIpc) is 2.69. The van der Waals surface area contributed by atoms with E-state index < -0.39 is 10.6 Å². The molecule has 0 fully saturated rings. The van der Waals surface area contributed by atoms with Crippen LogP contribution >= 0.6 is 23.2 Å². The molecular formula is C25H48Cl2NO4+. The van der Waals surface area contributed by atoms with Gasteiger partial charge in [-0.25, -0.2) is 0 Å². The Balaban J connectivity index is 3.56. The van der Waals surface area contributed by atoms with Gasteiger partial charge in [0.1, 0.15) is 19.7 Å². The Hall–Kier alpha value is -0.330. The molecule has 0 aromatic heterocycles. The number of carbonyl (C=O) groups excluding carboxylic acids is 1. The van der Waals surface area contributed by atoms with Gasteiger partial charge in [0.2, 0.25) is 4.52 Å². The summed E-state index contributed by atoms with van der Waals surface area (Å²) in [4.78, 5) is 11.9. The topological polar surface area (TPSA) is 66.8 Å². The van der Waals surface area contributed by atoms with Crippen molar-refractivity contribution in [2.24, 2.45) is 0 Å². The Morgan fingerprint density at radius 1 is 0.938 bits per heavy atom. The normalized spacial score (nSPS) is 13.6. The molecule has 5 nitrogen and oxygen atoms in total. The molecule has 0 aliphatic heterocycles. The van der Waals surface area contributed by atoms with E-state index in [-0.39, 0.29) is 19.1 Å². The van der Waals surface area contributed by atoms with Crippen molar-refractivity contribution in [1.29, 1.82) is 0 Å². The number of hydrogen-bond donors (Lipinski definition) is 2. The van der Waals surface area contributed by atoms with E-state index in [2.05, 4.69) is 19.1 Å². The molecule has 0 saturated heterocycles. The number of allylic oxidation sites excluding steroid dienone is 2. The zero-order chi connectivity index (χ0) is 24.3. The van der Waals surface area contributed by atoms with Crippen molar-refractivity contribution in [2.45, 2.75) is 107 Å². The van der Waals surface area contributed by atoms with Crippen molar-refractivity contribution >= 4 is 29.2 Å². The first kappa shape index (κ1) is 31.7. The summed E-state index contributed by atoms with van der Waals surface area (Å²) in [6.07, 6.45) is 19.8. The second kappa shape index (κ2) is 19.0. The number of esters is 1. The van der Waals surface area contributed by atoms with Gasteiger partial charge in [0.15, 0.2) is 6.10 Å². The minimum atomic E-state index is -2.18. The van der Waals surface area contributed by atoms with Gasteiger partial charge < -0.3 is 19.4 Å². The lowest BCUT2D eigenvalue weighted by Gasteiger charge is -2.33. The van der Waals surface area contributed by atoms with Crippen LogP contribution in [0.5, 0.6) is 0 Å². The lowest BCUT2D eigenvalue weighted by molar-refractivity contribution is -0.893. The molecule has 0 aromatic rings. The molecule has 0 saturated carbocycles. The molecule has 2 N–H and O–H groups in total. The molecule has 1 atom stereocenters. The second-order valence-electron chi connectivity index (χ2n) is 9.50. The maximum absolute atomic E-state index is 11.9. The molecule has 0 unspecified atom stereocenters. The predicted molar refractivity (Wildman–Crippen MR) is 135 cm³/mol. The number of alkyl halides is 2. The first-order valence-electron chi connectivity index (χ1n) is 12.5. The summed E-state index contributed by atoms with van der Waals surface area (Å²) >= 11 is 11.0. The number of rotatable bonds is 21. The quantitative estimate of drug-likeness (QED) is 0.0659. The Morgan fingerprint density at radius 3 is 1.97 bits per heavy atom. The molecule has 0 aromatic carbocycles. The Labute approximate surface area is 206 Å². The monoisotopic (exact) mass is 496 g/mol. The molecule has 0 spiro atoms. The average molecular weight is 498 g/mol. The van der Waals surface area contributed by atoms with Gasteiger partial charge in [0, 0.05) is 6.42 Å². The number of carbonyl (C=O) groups is 1. The minimum absolute atomic E-state index is 0.148. The third-order valence-corrected chi connectivity index (χ3v) is 6.17. The number of halogens is 2. The molecule has 0 bridgehead atoms. The summed E-state index contributed by atoms with van der Waals surface area (Å²) in [6.45, 7) is 3.16. The number of likely N-dealkylation sites (N-methyl/N-ethyl adjacent to an activating group) is 1. The number of ether oxygens (including phenoxy) is 1. The fourth-order valence-corrected chi connectivity index (χ4v) is 3.63. The van der Waals surface area contributed by atoms with E-state index in [0.717, 1.165) is 25.7 Å². The number of nitrogens with zero attached hydrogens (tertiary/aromatic N) is 1. The van der Waals surface area contributed by atoms with Gasteiger partial charge >= 0.3 is 5.97 Å². The Morgan fingerprint density at radius 2 is 1.44 bits per heavy atom. The van der Waals surface area contributed by atoms with Crippen molar-refractivity contribution in [1.82, 2.24) is 0 Å². The summed E-state index contributed by atoms with van der Waals surface area (Å²) in [7, 11) is 3.70. The summed E-state index contributed by atoms with van der Waals surface area (Å²) < 4.78 is 3.43. The summed E-state index contributed by atoms with van der Waals surface area (Å²) in [5.74, 6) is -0.186. The van der Waals surface area contributed by atoms with Crippen molar-refractivity contribution in [3.8, 4) is 0 Å². The molecule has 0 aliphatic rings. The Bertz CT molecular complexity index is 493. The summed E-state index contributed by atoms with van der Waals surface area (Å²) in [5, 5.41) is 19.2. The maximum Gasteiger partial charge on any atom is 0.305 e. The van der Waals surface area contributed by atoms with E-state index in [9.17, 15) is 15.0 Å². The van der Waals surface area contributed by atoms with E-state index in [0.29, 0.717) is 17.4 Å². The highest BCUT2D eigenvalue weighted by Gasteiger charge is 2.36. The number of quaternary nitrogens is 1. The van der Waals surface area contributed by atoms with Crippen LogP contribution in [0.3, 0.4) is 0 Å². The van der Waals surface area contributed by atoms with Crippen molar-refractivity contribution < 1.29 is 24.2 Å². The van der Waals surface area contributed by atoms with E-state index in [1.54, 1.807) is 0 Å². The fraction of sp³-hybridized carbons (Fsp3) is 0.880. The zero-order valence-corrected chi connectivity index (χ0v) is 22.2. The standard InChI is InChI=1S/C25H48Cl2NO4/c1-4-5-6-7-8-9-10-11-12-13-14-15-16-17-18-19-24(30)32-21-20-28(2,3)22-23(29)25(26,27)31/h11-12,23,29,31H,4-10,13-22H2,1-3H3/q+1/b12-11-/t23-/m0/s1. The van der Waals surface area contributed by atoms with Gasteiger partial charge in [0.05, 0.1) is 14.1 Å². The summed E-state index contributed by atoms with van der Waals surface area (Å²) in [5.41, 5.74) is 0. The van der Waals surface area contributed by atoms with Crippen molar-refractivity contribution in [2.75, 3.05) is 33.8 Å². The van der Waals surface area contributed by atoms with Gasteiger partial charge in [-0.05, 0) is 32.1 Å². The van der Waals surface area contributed by atoms with Gasteiger partial charge in [-0.2, -0.15) is 0 Å². The molecule has 0 amide bonds. The predicted octanol–water partition coefficient (Wildman–Crippen LogP) is 6.13. The van der Waals surface area contributed by atoms with Crippen LogP contribution in [0.1, 0.15) is 96.8 Å². The van der Waals surface area contributed by atoms with E-state index >= 15 is 0 Å². The summed E-state index contributed by atoms with van der Waals surface area (Å²) in [6, 6.07) is 0. The third-order valence-electron chi connectivity index (χ3n) is 5.67. The largest absolute Gasteiger partial charge is 0.460 e. The van der Waals surface area contributed by atoms with Crippen LogP contribution in [0, 0.1) is 0 Å². The van der Waals surface area contributed by atoms with Crippen LogP contribution in [0.15, 0.2) is 12.2 Å². The van der Waals surface area contributed by atoms with E-state index in [1.165, 1.54) is 57.8 Å². The molecule has 0 heterocycles. The molecule has 0 radical (unpaired) electrons. The fourth-order valence-electron chi connectivity index (χ4n) is 3.49. The van der Waals surface area contributed by atoms with Crippen LogP contribution in [0.4, 0.5) is 0 Å². The van der Waals surface area contributed by atoms with Crippen LogP contribution in [0.2, 0.25) is 0 Å². The van der Waals surface area contributed by atoms with Gasteiger partial charge in [-0.3, -0.25) is 4.79 Å². The van der Waals surface area contributed by atoms with Crippen LogP contribution in [-0.2, 0) is 9.53 Å². The molecule has 190 valence electrons. The maximum atomic E-state index is 11.9. The third kappa shape index (κ3) is 20.3. The second-order valence-corrected chi connectivity index (χ2v) is 10.8. The number of aliphatic hydroxyl groups excluding tert-OH is 1. The van der Waals surface area contributed by atoms with Crippen molar-refractivity contribution in [3.05, 3.63) is 12.2 Å². The molecular weight excluding hydrogens is 449 g/mol. The first-order valence-corrected chi connectivity index (χ1v) is 13.2. The SMILES string of the molecule is CCCCCCCC/C=C\CCCCCCCC(=O)OCC[N+](C)(C)C[C@H](O)C(O)(Cl)Cl. The molecule has 0 aliphatic carbocycles. The van der Waals surface area contributed by atoms with E-state index in [4.69, 9.17) is 27.9 Å². The number of hydrogen-bond acceptors (Lipinski definition) is 4. The lowest BCUT2D eigenvalue weighted by atomic mass is 10.1. The van der Waals surface area contributed by atoms with Crippen LogP contribution < -0.4 is 0 Å². The minimum Gasteiger partial charge on any atom is -0.460 e. The smallest absolute Gasteiger partial charge is 0.305 e. The highest BCUT2D eigenvalue weighted by atomic mass is 35.5. The highest BCUT2D eigenvalue weighted by Crippen LogP contribution is 2.23. The zero-order valence-electron chi connectivity index (χ0n) is 20.7. The Kier molecular flexibility index (Phi) is 18.8. The van der Waals surface area contributed by atoms with Gasteiger partial charge in [-0.1, -0.05) is 93.6 Å². The highest BCUT2D eigenvalue weighted by molar-refractivity contribution is 6.47. The van der Waals surface area contributed by atoms with Crippen molar-refractivity contribution in [3.63, 3.8) is 0 Å². The first-order chi connectivity index (χ1) is 15.1. The molecule has 0 rings (SSSR count). The number of aliphatic hydroxyl groups is 2. The van der Waals surface area contributed by atoms with E-state index in [1.807, 2.05) is 14.1 Å². The molecule has 7 heteroatoms. The molecule has 32 heavy (non-hydrogen) atoms. The van der Waals surface area contributed by atoms with Gasteiger partial charge in [0.25, 0.3) is 0 Å².